The molecule has 0 radical (unpaired) electrons. The molecule has 0 spiro atoms. The van der Waals surface area contributed by atoms with Crippen molar-refractivity contribution in [2.24, 2.45) is 0 Å². The number of nitrogens with one attached hydrogen (secondary N) is 1. The summed E-state index contributed by atoms with van der Waals surface area (Å²) in [6, 6.07) is 5.70. The molecule has 2 aromatic rings. The molecule has 0 atom stereocenters. The van der Waals surface area contributed by atoms with Gasteiger partial charge < -0.3 is 9.73 Å². The number of carbonyl (C=O) groups is 1. The van der Waals surface area contributed by atoms with Crippen LogP contribution in [0.2, 0.25) is 0 Å². The Morgan fingerprint density at radius 1 is 1.41 bits per heavy atom. The Balaban J connectivity index is 1.81. The van der Waals surface area contributed by atoms with E-state index in [0.29, 0.717) is 18.7 Å². The van der Waals surface area contributed by atoms with Gasteiger partial charge in [-0.15, -0.1) is 0 Å². The highest BCUT2D eigenvalue weighted by Crippen LogP contribution is 2.01. The number of nitrogens with zero attached hydrogens (tertiary/aromatic N) is 2. The van der Waals surface area contributed by atoms with Crippen LogP contribution in [-0.2, 0) is 6.42 Å². The second-order valence-electron chi connectivity index (χ2n) is 3.60. The zero-order chi connectivity index (χ0) is 12.1. The fourth-order valence-electron chi connectivity index (χ4n) is 1.39. The summed E-state index contributed by atoms with van der Waals surface area (Å²) in [6.07, 6.45) is 3.94. The number of carbonyl (C=O) groups excluding carboxylic acids is 1. The highest BCUT2D eigenvalue weighted by Gasteiger charge is 2.10. The average Bonchev–Trinajstić information content (AvgIpc) is 2.77. The molecular formula is C12H13N3O2. The fourth-order valence-corrected chi connectivity index (χ4v) is 1.39. The molecule has 2 heterocycles. The summed E-state index contributed by atoms with van der Waals surface area (Å²) >= 11 is 0. The standard InChI is InChI=1S/C12H13N3O2/c1-9-8-15-12(17-9)11(16)14-7-5-10-4-2-3-6-13-10/h2-4,6,8H,5,7H2,1H3,(H,14,16). The minimum atomic E-state index is -0.297. The third-order valence-electron chi connectivity index (χ3n) is 2.21. The summed E-state index contributed by atoms with van der Waals surface area (Å²) in [5, 5.41) is 2.73. The van der Waals surface area contributed by atoms with Crippen molar-refractivity contribution < 1.29 is 9.21 Å². The highest BCUT2D eigenvalue weighted by atomic mass is 16.4. The second-order valence-corrected chi connectivity index (χ2v) is 3.60. The summed E-state index contributed by atoms with van der Waals surface area (Å²) in [5.74, 6) is 0.428. The van der Waals surface area contributed by atoms with Crippen molar-refractivity contribution in [1.29, 1.82) is 0 Å². The van der Waals surface area contributed by atoms with Crippen molar-refractivity contribution in [3.8, 4) is 0 Å². The Kier molecular flexibility index (Phi) is 3.49. The Bertz CT molecular complexity index is 493. The number of hydrogen-bond acceptors (Lipinski definition) is 4. The lowest BCUT2D eigenvalue weighted by Gasteiger charge is -2.01. The first-order valence-corrected chi connectivity index (χ1v) is 5.36. The molecule has 0 aromatic carbocycles. The van der Waals surface area contributed by atoms with Crippen LogP contribution in [0.3, 0.4) is 0 Å². The molecule has 2 aromatic heterocycles. The van der Waals surface area contributed by atoms with E-state index in [4.69, 9.17) is 4.42 Å². The number of aromatic nitrogens is 2. The van der Waals surface area contributed by atoms with Crippen LogP contribution in [0, 0.1) is 6.92 Å². The maximum absolute atomic E-state index is 11.6. The SMILES string of the molecule is Cc1cnc(C(=O)NCCc2ccccn2)o1. The lowest BCUT2D eigenvalue weighted by Crippen LogP contribution is -2.26. The normalized spacial score (nSPS) is 10.2. The molecule has 2 rings (SSSR count). The summed E-state index contributed by atoms with van der Waals surface area (Å²) in [7, 11) is 0. The van der Waals surface area contributed by atoms with Crippen LogP contribution in [-0.4, -0.2) is 22.4 Å². The Hall–Kier alpha value is -2.17. The topological polar surface area (TPSA) is 68.0 Å². The van der Waals surface area contributed by atoms with E-state index in [0.717, 1.165) is 5.69 Å². The zero-order valence-electron chi connectivity index (χ0n) is 9.51. The zero-order valence-corrected chi connectivity index (χ0v) is 9.51. The summed E-state index contributed by atoms with van der Waals surface area (Å²) in [5.41, 5.74) is 0.941. The van der Waals surface area contributed by atoms with Gasteiger partial charge >= 0.3 is 5.91 Å². The lowest BCUT2D eigenvalue weighted by atomic mass is 10.3. The summed E-state index contributed by atoms with van der Waals surface area (Å²) < 4.78 is 5.11. The lowest BCUT2D eigenvalue weighted by molar-refractivity contribution is 0.0918. The van der Waals surface area contributed by atoms with E-state index in [2.05, 4.69) is 15.3 Å². The number of oxazole rings is 1. The van der Waals surface area contributed by atoms with Gasteiger partial charge in [0, 0.05) is 24.9 Å². The van der Waals surface area contributed by atoms with Crippen LogP contribution in [0.25, 0.3) is 0 Å². The predicted octanol–water partition coefficient (Wildman–Crippen LogP) is 1.35. The van der Waals surface area contributed by atoms with Gasteiger partial charge in [-0.3, -0.25) is 9.78 Å². The molecule has 0 unspecified atom stereocenters. The molecule has 5 nitrogen and oxygen atoms in total. The van der Waals surface area contributed by atoms with Crippen molar-refractivity contribution in [2.75, 3.05) is 6.54 Å². The molecule has 1 amide bonds. The van der Waals surface area contributed by atoms with E-state index < -0.39 is 0 Å². The Morgan fingerprint density at radius 2 is 2.29 bits per heavy atom. The molecule has 0 fully saturated rings. The van der Waals surface area contributed by atoms with E-state index in [1.54, 1.807) is 13.1 Å². The number of pyridine rings is 1. The third-order valence-corrected chi connectivity index (χ3v) is 2.21. The van der Waals surface area contributed by atoms with E-state index in [1.807, 2.05) is 18.2 Å². The molecule has 0 saturated carbocycles. The van der Waals surface area contributed by atoms with Crippen LogP contribution in [0.15, 0.2) is 35.0 Å². The van der Waals surface area contributed by atoms with Crippen LogP contribution in [0.4, 0.5) is 0 Å². The van der Waals surface area contributed by atoms with Gasteiger partial charge in [-0.25, -0.2) is 4.98 Å². The molecule has 0 bridgehead atoms. The third kappa shape index (κ3) is 3.14. The summed E-state index contributed by atoms with van der Waals surface area (Å²) in [6.45, 7) is 2.26. The Morgan fingerprint density at radius 3 is 2.94 bits per heavy atom. The second kappa shape index (κ2) is 5.25. The number of amides is 1. The van der Waals surface area contributed by atoms with Gasteiger partial charge in [0.15, 0.2) is 0 Å². The maximum atomic E-state index is 11.6. The summed E-state index contributed by atoms with van der Waals surface area (Å²) in [4.78, 5) is 19.6. The van der Waals surface area contributed by atoms with Crippen molar-refractivity contribution in [3.05, 3.63) is 47.9 Å². The average molecular weight is 231 g/mol. The molecule has 1 N–H and O–H groups in total. The molecule has 88 valence electrons. The van der Waals surface area contributed by atoms with Crippen molar-refractivity contribution >= 4 is 5.91 Å². The number of rotatable bonds is 4. The van der Waals surface area contributed by atoms with Gasteiger partial charge in [-0.2, -0.15) is 0 Å². The first kappa shape index (κ1) is 11.3. The van der Waals surface area contributed by atoms with Crippen molar-refractivity contribution in [3.63, 3.8) is 0 Å². The van der Waals surface area contributed by atoms with E-state index in [-0.39, 0.29) is 11.8 Å². The first-order valence-electron chi connectivity index (χ1n) is 5.36. The van der Waals surface area contributed by atoms with Gasteiger partial charge in [-0.1, -0.05) is 6.07 Å². The Labute approximate surface area is 98.9 Å². The smallest absolute Gasteiger partial charge is 0.307 e. The molecular weight excluding hydrogens is 218 g/mol. The van der Waals surface area contributed by atoms with Gasteiger partial charge in [0.05, 0.1) is 6.20 Å². The highest BCUT2D eigenvalue weighted by molar-refractivity contribution is 5.89. The monoisotopic (exact) mass is 231 g/mol. The maximum Gasteiger partial charge on any atom is 0.307 e. The molecule has 0 aliphatic rings. The fraction of sp³-hybridized carbons (Fsp3) is 0.250. The van der Waals surface area contributed by atoms with Crippen LogP contribution in [0.5, 0.6) is 0 Å². The first-order chi connectivity index (χ1) is 8.25. The largest absolute Gasteiger partial charge is 0.438 e. The minimum Gasteiger partial charge on any atom is -0.438 e. The predicted molar refractivity (Wildman–Crippen MR) is 61.5 cm³/mol. The van der Waals surface area contributed by atoms with Gasteiger partial charge in [0.1, 0.15) is 5.76 Å². The van der Waals surface area contributed by atoms with E-state index in [9.17, 15) is 4.79 Å². The van der Waals surface area contributed by atoms with Gasteiger partial charge in [-0.05, 0) is 19.1 Å². The van der Waals surface area contributed by atoms with Crippen molar-refractivity contribution in [2.45, 2.75) is 13.3 Å². The van der Waals surface area contributed by atoms with Crippen LogP contribution < -0.4 is 5.32 Å². The van der Waals surface area contributed by atoms with Crippen LogP contribution in [0.1, 0.15) is 22.1 Å². The van der Waals surface area contributed by atoms with E-state index >= 15 is 0 Å². The minimum absolute atomic E-state index is 0.100. The molecule has 0 aliphatic carbocycles. The number of aryl methyl sites for hydroxylation is 1. The van der Waals surface area contributed by atoms with Crippen LogP contribution >= 0.6 is 0 Å². The van der Waals surface area contributed by atoms with Crippen molar-refractivity contribution in [1.82, 2.24) is 15.3 Å². The molecule has 5 heteroatoms. The van der Waals surface area contributed by atoms with E-state index in [1.165, 1.54) is 6.20 Å². The molecule has 0 saturated heterocycles. The quantitative estimate of drug-likeness (QED) is 0.862. The van der Waals surface area contributed by atoms with Gasteiger partial charge in [0.25, 0.3) is 5.89 Å². The number of hydrogen-bond donors (Lipinski definition) is 1. The van der Waals surface area contributed by atoms with Gasteiger partial charge in [0.2, 0.25) is 0 Å². The molecule has 17 heavy (non-hydrogen) atoms. The molecule has 0 aliphatic heterocycles.